The van der Waals surface area contributed by atoms with Gasteiger partial charge in [-0.15, -0.1) is 0 Å². The van der Waals surface area contributed by atoms with E-state index in [9.17, 15) is 27.9 Å². The van der Waals surface area contributed by atoms with Gasteiger partial charge in [0.2, 0.25) is 0 Å². The molecule has 0 amide bonds. The van der Waals surface area contributed by atoms with Crippen molar-refractivity contribution in [1.29, 1.82) is 0 Å². The Kier molecular flexibility index (Phi) is 20.3. The highest BCUT2D eigenvalue weighted by Gasteiger charge is 2.24. The lowest BCUT2D eigenvalue weighted by Crippen LogP contribution is -2.32. The second-order valence-corrected chi connectivity index (χ2v) is 15.8. The number of carbonyl (C=O) groups excluding carboxylic acids is 1. The molecule has 2 heterocycles. The van der Waals surface area contributed by atoms with Crippen LogP contribution in [0.1, 0.15) is 25.7 Å². The molecular weight excluding hydrogens is 510 g/mol. The number of hydrogen-bond donors (Lipinski definition) is 4. The summed E-state index contributed by atoms with van der Waals surface area (Å²) in [7, 11) is -11.0. The van der Waals surface area contributed by atoms with Crippen LogP contribution < -0.4 is 21.0 Å². The van der Waals surface area contributed by atoms with Gasteiger partial charge >= 0.3 is 0 Å². The number of aliphatic hydroxyl groups excluding tert-OH is 1. The Bertz CT molecular complexity index is 679. The fourth-order valence-electron chi connectivity index (χ4n) is 1.82. The predicted octanol–water partition coefficient (Wildman–Crippen LogP) is 0.520. The van der Waals surface area contributed by atoms with Crippen LogP contribution in [0.4, 0.5) is 0 Å². The molecule has 2 aliphatic rings. The van der Waals surface area contributed by atoms with Crippen molar-refractivity contribution in [3.8, 4) is 0 Å². The molecule has 8 N–H and O–H groups in total. The van der Waals surface area contributed by atoms with E-state index < -0.39 is 36.2 Å². The van der Waals surface area contributed by atoms with Gasteiger partial charge < -0.3 is 38.4 Å². The van der Waals surface area contributed by atoms with Gasteiger partial charge in [0.1, 0.15) is 12.5 Å². The lowest BCUT2D eigenvalue weighted by Gasteiger charge is -2.24. The molecule has 0 spiro atoms. The third-order valence-corrected chi connectivity index (χ3v) is 7.01. The number of hydrogen-bond acceptors (Lipinski definition) is 10. The molecule has 18 heteroatoms. The number of carbonyl (C=O) groups is 1. The molecule has 0 saturated carbocycles. The molecule has 2 fully saturated rings. The number of aldehydes is 1. The predicted molar refractivity (Wildman–Crippen MR) is 123 cm³/mol. The van der Waals surface area contributed by atoms with Gasteiger partial charge in [0, 0.05) is 39.0 Å². The van der Waals surface area contributed by atoms with Crippen molar-refractivity contribution in [3.63, 3.8) is 0 Å². The highest BCUT2D eigenvalue weighted by molar-refractivity contribution is 7.58. The molecular formula is C14H38N3O11P4-. The Balaban J connectivity index is -0.000000354. The zero-order valence-corrected chi connectivity index (χ0v) is 22.5. The summed E-state index contributed by atoms with van der Waals surface area (Å²) in [6.07, 6.45) is 3.73. The van der Waals surface area contributed by atoms with E-state index in [1.807, 2.05) is 0 Å². The average Bonchev–Trinajstić information content (AvgIpc) is 2.52. The fraction of sp³-hybridized carbons (Fsp3) is 0.929. The second kappa shape index (κ2) is 17.6. The van der Waals surface area contributed by atoms with Gasteiger partial charge in [0.05, 0.1) is 27.3 Å². The summed E-state index contributed by atoms with van der Waals surface area (Å²) in [5.41, 5.74) is 9.35. The van der Waals surface area contributed by atoms with Gasteiger partial charge in [-0.1, -0.05) is 0 Å². The smallest absolute Gasteiger partial charge is 0.268 e. The SMILES string of the molecule is CP(N)(=O)OCCC=O.CP(N)(=O)[O-].CP1(=O)CCCCO1.CP1(=O)NC(O)CCO1.O. The third kappa shape index (κ3) is 32.4. The van der Waals surface area contributed by atoms with Crippen molar-refractivity contribution in [1.82, 2.24) is 5.09 Å². The standard InChI is InChI=1S/C5H11O2P.2C4H10NO3P.CH6NO2P.H2O/c1-8(6)5-3-2-4-7-8;1-9(7)5-4(6)2-3-8-9;1-9(5,7)8-4-2-3-6;1-5(2,3)4;/h2-5H2,1H3;4,6H,2-3H2,1H3,(H,5,7);3H,2,4H2,1H3,(H2,5,7);1H3,(H3,2,3,4);1H2/p-1. The summed E-state index contributed by atoms with van der Waals surface area (Å²) in [5, 5.41) is 11.3. The van der Waals surface area contributed by atoms with Crippen LogP contribution in [0.3, 0.4) is 0 Å². The van der Waals surface area contributed by atoms with Crippen LogP contribution in [0, 0.1) is 0 Å². The summed E-state index contributed by atoms with van der Waals surface area (Å²) in [6.45, 7) is 6.66. The normalized spacial score (nSPS) is 30.6. The summed E-state index contributed by atoms with van der Waals surface area (Å²) in [4.78, 5) is 19.1. The van der Waals surface area contributed by atoms with E-state index >= 15 is 0 Å². The molecule has 14 nitrogen and oxygen atoms in total. The van der Waals surface area contributed by atoms with E-state index in [1.165, 1.54) is 13.3 Å². The molecule has 196 valence electrons. The van der Waals surface area contributed by atoms with E-state index in [-0.39, 0.29) is 18.5 Å². The van der Waals surface area contributed by atoms with Crippen molar-refractivity contribution >= 4 is 36.2 Å². The van der Waals surface area contributed by atoms with E-state index in [2.05, 4.69) is 15.1 Å². The molecule has 5 unspecified atom stereocenters. The highest BCUT2D eigenvalue weighted by atomic mass is 31.2. The van der Waals surface area contributed by atoms with Crippen molar-refractivity contribution in [2.24, 2.45) is 11.0 Å². The minimum atomic E-state index is -3.39. The first kappa shape index (κ1) is 36.8. The number of aliphatic hydroxyl groups is 1. The lowest BCUT2D eigenvalue weighted by atomic mass is 10.4. The monoisotopic (exact) mass is 548 g/mol. The van der Waals surface area contributed by atoms with E-state index in [1.54, 1.807) is 6.66 Å². The Morgan fingerprint density at radius 3 is 1.97 bits per heavy atom. The van der Waals surface area contributed by atoms with Crippen LogP contribution in [0.2, 0.25) is 0 Å². The Morgan fingerprint density at radius 1 is 1.19 bits per heavy atom. The maximum Gasteiger partial charge on any atom is 0.268 e. The largest absolute Gasteiger partial charge is 0.788 e. The molecule has 32 heavy (non-hydrogen) atoms. The number of nitrogens with two attached hydrogens (primary N) is 2. The molecule has 2 aliphatic heterocycles. The van der Waals surface area contributed by atoms with Crippen molar-refractivity contribution < 1.29 is 52.1 Å². The number of nitrogens with one attached hydrogen (secondary N) is 1. The lowest BCUT2D eigenvalue weighted by molar-refractivity contribution is -0.173. The quantitative estimate of drug-likeness (QED) is 0.213. The van der Waals surface area contributed by atoms with E-state index in [0.717, 1.165) is 25.7 Å². The molecule has 0 aromatic heterocycles. The minimum absolute atomic E-state index is 0. The van der Waals surface area contributed by atoms with Gasteiger partial charge in [-0.25, -0.2) is 5.09 Å². The average molecular weight is 548 g/mol. The summed E-state index contributed by atoms with van der Waals surface area (Å²) < 4.78 is 56.3. The zero-order valence-electron chi connectivity index (χ0n) is 18.9. The van der Waals surface area contributed by atoms with E-state index in [4.69, 9.17) is 19.7 Å². The summed E-state index contributed by atoms with van der Waals surface area (Å²) in [5.74, 6) is 0. The maximum atomic E-state index is 11.0. The van der Waals surface area contributed by atoms with Crippen molar-refractivity contribution in [2.75, 3.05) is 52.6 Å². The topological polar surface area (TPSA) is 252 Å². The van der Waals surface area contributed by atoms with Crippen molar-refractivity contribution in [2.45, 2.75) is 31.9 Å². The van der Waals surface area contributed by atoms with Crippen LogP contribution in [0.25, 0.3) is 0 Å². The second-order valence-electron chi connectivity index (χ2n) is 7.00. The molecule has 5 atom stereocenters. The summed E-state index contributed by atoms with van der Waals surface area (Å²) in [6, 6.07) is 0. The minimum Gasteiger partial charge on any atom is -0.788 e. The first-order valence-corrected chi connectivity index (χ1v) is 17.9. The molecule has 2 rings (SSSR count). The molecule has 2 saturated heterocycles. The Hall–Kier alpha value is 0.230. The summed E-state index contributed by atoms with van der Waals surface area (Å²) >= 11 is 0. The van der Waals surface area contributed by atoms with Crippen LogP contribution in [-0.2, 0) is 36.6 Å². The van der Waals surface area contributed by atoms with Crippen molar-refractivity contribution in [3.05, 3.63) is 0 Å². The first-order chi connectivity index (χ1) is 13.9. The van der Waals surface area contributed by atoms with Crippen LogP contribution in [0.15, 0.2) is 0 Å². The van der Waals surface area contributed by atoms with Gasteiger partial charge in [-0.2, -0.15) is 0 Å². The highest BCUT2D eigenvalue weighted by Crippen LogP contribution is 2.46. The van der Waals surface area contributed by atoms with Gasteiger partial charge in [-0.05, 0) is 19.5 Å². The molecule has 0 bridgehead atoms. The number of rotatable bonds is 4. The van der Waals surface area contributed by atoms with E-state index in [0.29, 0.717) is 25.9 Å². The maximum absolute atomic E-state index is 11.0. The van der Waals surface area contributed by atoms with Crippen LogP contribution in [0.5, 0.6) is 0 Å². The van der Waals surface area contributed by atoms with Crippen LogP contribution in [-0.4, -0.2) is 75.7 Å². The van der Waals surface area contributed by atoms with Crippen LogP contribution >= 0.6 is 29.9 Å². The molecule has 0 aromatic rings. The van der Waals surface area contributed by atoms with Gasteiger partial charge in [0.15, 0.2) is 7.37 Å². The zero-order chi connectivity index (χ0) is 24.8. The Labute approximate surface area is 189 Å². The molecule has 0 aliphatic carbocycles. The van der Waals surface area contributed by atoms with Gasteiger partial charge in [0.25, 0.3) is 15.0 Å². The fourth-order valence-corrected chi connectivity index (χ4v) is 4.93. The first-order valence-electron chi connectivity index (χ1n) is 9.27. The molecule has 0 aromatic carbocycles. The molecule has 0 radical (unpaired) electrons. The third-order valence-electron chi connectivity index (χ3n) is 3.02. The Morgan fingerprint density at radius 2 is 1.72 bits per heavy atom. The van der Waals surface area contributed by atoms with Gasteiger partial charge in [-0.3, -0.25) is 24.7 Å².